The van der Waals surface area contributed by atoms with Crippen LogP contribution in [0.1, 0.15) is 43.6 Å². The minimum Gasteiger partial charge on any atom is -0.349 e. The molecule has 1 aliphatic rings. The average Bonchev–Trinajstić information content (AvgIpc) is 2.82. The van der Waals surface area contributed by atoms with Crippen LogP contribution >= 0.6 is 35.0 Å². The van der Waals surface area contributed by atoms with E-state index in [1.807, 2.05) is 13.0 Å². The van der Waals surface area contributed by atoms with E-state index in [9.17, 15) is 4.79 Å². The van der Waals surface area contributed by atoms with E-state index >= 15 is 0 Å². The van der Waals surface area contributed by atoms with E-state index in [0.29, 0.717) is 15.8 Å². The third kappa shape index (κ3) is 4.68. The van der Waals surface area contributed by atoms with Crippen molar-refractivity contribution in [2.24, 2.45) is 0 Å². The summed E-state index contributed by atoms with van der Waals surface area (Å²) in [4.78, 5) is 12.3. The molecule has 25 heavy (non-hydrogen) atoms. The van der Waals surface area contributed by atoms with Crippen LogP contribution in [0.5, 0.6) is 0 Å². The van der Waals surface area contributed by atoms with Gasteiger partial charge in [-0.05, 0) is 37.5 Å². The third-order valence-corrected chi connectivity index (χ3v) is 5.93. The molecule has 1 atom stereocenters. The van der Waals surface area contributed by atoms with E-state index in [1.165, 1.54) is 18.2 Å². The topological polar surface area (TPSA) is 59.8 Å². The number of nitrogens with one attached hydrogen (secondary N) is 1. The molecule has 0 radical (unpaired) electrons. The molecule has 1 aromatic carbocycles. The summed E-state index contributed by atoms with van der Waals surface area (Å²) in [5.74, 6) is 1.29. The molecular weight excluding hydrogens is 379 g/mol. The minimum atomic E-state index is -0.140. The van der Waals surface area contributed by atoms with Gasteiger partial charge in [-0.3, -0.25) is 4.79 Å². The van der Waals surface area contributed by atoms with Crippen molar-refractivity contribution in [2.45, 2.75) is 50.4 Å². The highest BCUT2D eigenvalue weighted by molar-refractivity contribution is 7.99. The maximum absolute atomic E-state index is 12.3. The van der Waals surface area contributed by atoms with Gasteiger partial charge in [-0.1, -0.05) is 47.5 Å². The summed E-state index contributed by atoms with van der Waals surface area (Å²) < 4.78 is 2.15. The van der Waals surface area contributed by atoms with Crippen LogP contribution in [0.15, 0.2) is 23.4 Å². The lowest BCUT2D eigenvalue weighted by Gasteiger charge is -2.15. The molecule has 1 N–H and O–H groups in total. The number of hydrogen-bond acceptors (Lipinski definition) is 4. The Labute approximate surface area is 161 Å². The molecule has 0 aliphatic carbocycles. The van der Waals surface area contributed by atoms with E-state index in [1.54, 1.807) is 12.1 Å². The number of halogens is 2. The second-order valence-corrected chi connectivity index (χ2v) is 7.87. The summed E-state index contributed by atoms with van der Waals surface area (Å²) in [6.45, 7) is 2.86. The molecular formula is C17H20Cl2N4OS. The molecule has 0 saturated carbocycles. The van der Waals surface area contributed by atoms with Crippen molar-refractivity contribution in [1.29, 1.82) is 0 Å². The van der Waals surface area contributed by atoms with Gasteiger partial charge < -0.3 is 9.88 Å². The highest BCUT2D eigenvalue weighted by Crippen LogP contribution is 2.26. The Morgan fingerprint density at radius 1 is 1.28 bits per heavy atom. The number of aryl methyl sites for hydroxylation is 1. The lowest BCUT2D eigenvalue weighted by atomic mass is 10.1. The zero-order chi connectivity index (χ0) is 17.8. The van der Waals surface area contributed by atoms with Crippen LogP contribution in [0.2, 0.25) is 10.0 Å². The largest absolute Gasteiger partial charge is 0.349 e. The maximum atomic E-state index is 12.3. The fourth-order valence-electron chi connectivity index (χ4n) is 2.84. The summed E-state index contributed by atoms with van der Waals surface area (Å²) in [5.41, 5.74) is 0.920. The number of amides is 1. The van der Waals surface area contributed by atoms with Gasteiger partial charge in [0.15, 0.2) is 5.16 Å². The first kappa shape index (κ1) is 18.5. The average molecular weight is 399 g/mol. The Kier molecular flexibility index (Phi) is 6.25. The summed E-state index contributed by atoms with van der Waals surface area (Å²) in [6.07, 6.45) is 4.48. The summed E-state index contributed by atoms with van der Waals surface area (Å²) in [6, 6.07) is 5.24. The number of fused-ring (bicyclic) bond motifs is 1. The predicted octanol–water partition coefficient (Wildman–Crippen LogP) is 4.28. The Balaban J connectivity index is 1.56. The van der Waals surface area contributed by atoms with Gasteiger partial charge in [-0.2, -0.15) is 0 Å². The Morgan fingerprint density at radius 2 is 2.12 bits per heavy atom. The molecule has 0 spiro atoms. The Hall–Kier alpha value is -1.24. The minimum absolute atomic E-state index is 0.0467. The molecule has 8 heteroatoms. The molecule has 1 amide bonds. The van der Waals surface area contributed by atoms with Gasteiger partial charge in [0.2, 0.25) is 5.91 Å². The molecule has 1 aromatic heterocycles. The van der Waals surface area contributed by atoms with Crippen molar-refractivity contribution >= 4 is 40.9 Å². The second-order valence-electron chi connectivity index (χ2n) is 6.11. The first-order valence-electron chi connectivity index (χ1n) is 8.34. The van der Waals surface area contributed by atoms with Crippen LogP contribution in [0.3, 0.4) is 0 Å². The summed E-state index contributed by atoms with van der Waals surface area (Å²) >= 11 is 13.4. The SMILES string of the molecule is C[C@H](NC(=O)CSc1nnc2n1CCCCC2)c1ccc(Cl)c(Cl)c1. The molecule has 2 heterocycles. The first-order chi connectivity index (χ1) is 12.0. The lowest BCUT2D eigenvalue weighted by molar-refractivity contribution is -0.119. The smallest absolute Gasteiger partial charge is 0.230 e. The van der Waals surface area contributed by atoms with E-state index in [0.717, 1.165) is 42.4 Å². The highest BCUT2D eigenvalue weighted by Gasteiger charge is 2.17. The van der Waals surface area contributed by atoms with Crippen molar-refractivity contribution in [3.63, 3.8) is 0 Å². The second kappa shape index (κ2) is 8.43. The fourth-order valence-corrected chi connectivity index (χ4v) is 3.94. The van der Waals surface area contributed by atoms with Gasteiger partial charge >= 0.3 is 0 Å². The number of thioether (sulfide) groups is 1. The quantitative estimate of drug-likeness (QED) is 0.763. The van der Waals surface area contributed by atoms with Crippen molar-refractivity contribution in [3.8, 4) is 0 Å². The standard InChI is InChI=1S/C17H20Cl2N4OS/c1-11(12-6-7-13(18)14(19)9-12)20-16(24)10-25-17-22-21-15-5-3-2-4-8-23(15)17/h6-7,9,11H,2-5,8,10H2,1H3,(H,20,24)/t11-/m0/s1. The zero-order valence-electron chi connectivity index (χ0n) is 14.0. The summed E-state index contributed by atoms with van der Waals surface area (Å²) in [5, 5.41) is 13.3. The van der Waals surface area contributed by atoms with Gasteiger partial charge in [-0.25, -0.2) is 0 Å². The number of carbonyl (C=O) groups excluding carboxylic acids is 1. The third-order valence-electron chi connectivity index (χ3n) is 4.23. The van der Waals surface area contributed by atoms with Crippen molar-refractivity contribution in [3.05, 3.63) is 39.6 Å². The van der Waals surface area contributed by atoms with E-state index in [4.69, 9.17) is 23.2 Å². The van der Waals surface area contributed by atoms with E-state index in [-0.39, 0.29) is 11.9 Å². The number of hydrogen-bond donors (Lipinski definition) is 1. The molecule has 1 aliphatic heterocycles. The Bertz CT molecular complexity index is 765. The van der Waals surface area contributed by atoms with Crippen molar-refractivity contribution in [1.82, 2.24) is 20.1 Å². The molecule has 0 unspecified atom stereocenters. The molecule has 3 rings (SSSR count). The fraction of sp³-hybridized carbons (Fsp3) is 0.471. The molecule has 5 nitrogen and oxygen atoms in total. The van der Waals surface area contributed by atoms with Crippen LogP contribution in [-0.2, 0) is 17.8 Å². The molecule has 0 saturated heterocycles. The number of carbonyl (C=O) groups is 1. The summed E-state index contributed by atoms with van der Waals surface area (Å²) in [7, 11) is 0. The van der Waals surface area contributed by atoms with Gasteiger partial charge in [0.25, 0.3) is 0 Å². The van der Waals surface area contributed by atoms with E-state index in [2.05, 4.69) is 20.1 Å². The maximum Gasteiger partial charge on any atom is 0.230 e. The number of rotatable bonds is 5. The van der Waals surface area contributed by atoms with Crippen LogP contribution in [0, 0.1) is 0 Å². The van der Waals surface area contributed by atoms with Gasteiger partial charge in [0.1, 0.15) is 5.82 Å². The zero-order valence-corrected chi connectivity index (χ0v) is 16.3. The lowest BCUT2D eigenvalue weighted by Crippen LogP contribution is -2.28. The first-order valence-corrected chi connectivity index (χ1v) is 10.1. The van der Waals surface area contributed by atoms with Gasteiger partial charge in [0, 0.05) is 13.0 Å². The van der Waals surface area contributed by atoms with Crippen LogP contribution in [0.25, 0.3) is 0 Å². The molecule has 0 fully saturated rings. The van der Waals surface area contributed by atoms with Gasteiger partial charge in [0.05, 0.1) is 21.8 Å². The van der Waals surface area contributed by atoms with Crippen LogP contribution < -0.4 is 5.32 Å². The number of benzene rings is 1. The van der Waals surface area contributed by atoms with Crippen molar-refractivity contribution in [2.75, 3.05) is 5.75 Å². The van der Waals surface area contributed by atoms with Crippen LogP contribution in [-0.4, -0.2) is 26.4 Å². The molecule has 0 bridgehead atoms. The Morgan fingerprint density at radius 3 is 2.92 bits per heavy atom. The van der Waals surface area contributed by atoms with Crippen LogP contribution in [0.4, 0.5) is 0 Å². The molecule has 134 valence electrons. The monoisotopic (exact) mass is 398 g/mol. The van der Waals surface area contributed by atoms with E-state index < -0.39 is 0 Å². The highest BCUT2D eigenvalue weighted by atomic mass is 35.5. The number of nitrogens with zero attached hydrogens (tertiary/aromatic N) is 3. The molecule has 2 aromatic rings. The van der Waals surface area contributed by atoms with Crippen molar-refractivity contribution < 1.29 is 4.79 Å². The van der Waals surface area contributed by atoms with Gasteiger partial charge in [-0.15, -0.1) is 10.2 Å². The normalized spacial score (nSPS) is 15.3. The number of aromatic nitrogens is 3. The predicted molar refractivity (Wildman–Crippen MR) is 101 cm³/mol.